The largest absolute Gasteiger partial charge is 0.303 e. The van der Waals surface area contributed by atoms with Crippen LogP contribution < -0.4 is 0 Å². The maximum Gasteiger partial charge on any atom is 0.137 e. The van der Waals surface area contributed by atoms with Crippen molar-refractivity contribution in [2.75, 3.05) is 0 Å². The summed E-state index contributed by atoms with van der Waals surface area (Å²) in [5.41, 5.74) is 0.402. The van der Waals surface area contributed by atoms with Gasteiger partial charge < -0.3 is 3.07 Å². The predicted molar refractivity (Wildman–Crippen MR) is 73.9 cm³/mol. The highest BCUT2D eigenvalue weighted by Crippen LogP contribution is 2.34. The minimum absolute atomic E-state index is 0.535. The highest BCUT2D eigenvalue weighted by atomic mass is 127. The van der Waals surface area contributed by atoms with E-state index in [9.17, 15) is 0 Å². The Bertz CT molecular complexity index is 491. The van der Waals surface area contributed by atoms with Crippen molar-refractivity contribution in [1.29, 1.82) is 0 Å². The first-order chi connectivity index (χ1) is 8.15. The number of nitrogens with zero attached hydrogens (tertiary/aromatic N) is 3. The zero-order valence-corrected chi connectivity index (χ0v) is 12.1. The number of hydrogen-bond donors (Lipinski definition) is 0. The molecule has 6 heteroatoms. The molecular weight excluding hydrogens is 352 g/mol. The summed E-state index contributed by atoms with van der Waals surface area (Å²) in [5, 5.41) is 4.77. The summed E-state index contributed by atoms with van der Waals surface area (Å²) in [6.07, 6.45) is 3.16. The van der Waals surface area contributed by atoms with Crippen LogP contribution in [0, 0.1) is 0 Å². The second-order valence-electron chi connectivity index (χ2n) is 3.88. The van der Waals surface area contributed by atoms with Crippen LogP contribution in [0.25, 0.3) is 0 Å². The van der Waals surface area contributed by atoms with Crippen molar-refractivity contribution in [3.8, 4) is 0 Å². The van der Waals surface area contributed by atoms with Crippen LogP contribution in [0.4, 0.5) is 0 Å². The van der Waals surface area contributed by atoms with Crippen molar-refractivity contribution in [3.63, 3.8) is 0 Å². The molecule has 0 N–H and O–H groups in total. The van der Waals surface area contributed by atoms with Crippen molar-refractivity contribution in [3.05, 3.63) is 47.5 Å². The summed E-state index contributed by atoms with van der Waals surface area (Å²) in [4.78, 5) is 3.92. The predicted octanol–water partition coefficient (Wildman–Crippen LogP) is 3.21. The summed E-state index contributed by atoms with van der Waals surface area (Å²) in [6, 6.07) is 7.65. The van der Waals surface area contributed by atoms with E-state index >= 15 is 0 Å². The standard InChI is InChI=1S/C11H11ClIN3O/c1-11(17-13,6-16-8-14-7-15-16)9-4-2-3-5-10(9)12/h2-5,7-8H,6H2,1H3. The molecule has 2 rings (SSSR count). The van der Waals surface area contributed by atoms with Crippen molar-refractivity contribution in [2.24, 2.45) is 0 Å². The average Bonchev–Trinajstić information content (AvgIpc) is 2.82. The lowest BCUT2D eigenvalue weighted by Crippen LogP contribution is -2.29. The lowest BCUT2D eigenvalue weighted by molar-refractivity contribution is 0.118. The fraction of sp³-hybridized carbons (Fsp3) is 0.273. The van der Waals surface area contributed by atoms with Crippen LogP contribution in [-0.4, -0.2) is 14.8 Å². The van der Waals surface area contributed by atoms with Gasteiger partial charge in [0.2, 0.25) is 0 Å². The molecule has 1 aromatic heterocycles. The molecule has 1 unspecified atom stereocenters. The fourth-order valence-corrected chi connectivity index (χ4v) is 2.38. The van der Waals surface area contributed by atoms with E-state index in [1.165, 1.54) is 6.33 Å². The van der Waals surface area contributed by atoms with E-state index in [-0.39, 0.29) is 0 Å². The fourth-order valence-electron chi connectivity index (χ4n) is 1.66. The number of benzene rings is 1. The molecule has 2 aromatic rings. The first-order valence-electron chi connectivity index (χ1n) is 5.03. The van der Waals surface area contributed by atoms with Crippen LogP contribution in [-0.2, 0) is 15.2 Å². The van der Waals surface area contributed by atoms with Gasteiger partial charge in [0.15, 0.2) is 0 Å². The molecule has 0 radical (unpaired) electrons. The van der Waals surface area contributed by atoms with E-state index in [2.05, 4.69) is 10.1 Å². The van der Waals surface area contributed by atoms with Crippen LogP contribution in [0.1, 0.15) is 12.5 Å². The van der Waals surface area contributed by atoms with Crippen LogP contribution in [0.2, 0.25) is 5.02 Å². The van der Waals surface area contributed by atoms with Gasteiger partial charge in [-0.2, -0.15) is 5.10 Å². The first kappa shape index (κ1) is 12.8. The van der Waals surface area contributed by atoms with Crippen LogP contribution >= 0.6 is 34.6 Å². The number of halogens is 2. The normalized spacial score (nSPS) is 14.5. The third-order valence-electron chi connectivity index (χ3n) is 2.54. The summed E-state index contributed by atoms with van der Waals surface area (Å²) < 4.78 is 7.30. The maximum absolute atomic E-state index is 6.20. The van der Waals surface area contributed by atoms with Crippen LogP contribution in [0.15, 0.2) is 36.9 Å². The SMILES string of the molecule is CC(Cn1cncn1)(OI)c1ccccc1Cl. The Kier molecular flexibility index (Phi) is 4.01. The zero-order chi connectivity index (χ0) is 12.3. The summed E-state index contributed by atoms with van der Waals surface area (Å²) in [5.74, 6) is 0. The van der Waals surface area contributed by atoms with Gasteiger partial charge in [-0.15, -0.1) is 0 Å². The van der Waals surface area contributed by atoms with E-state index in [0.717, 1.165) is 5.56 Å². The number of hydrogen-bond acceptors (Lipinski definition) is 3. The highest BCUT2D eigenvalue weighted by Gasteiger charge is 2.30. The summed E-state index contributed by atoms with van der Waals surface area (Å²) >= 11 is 8.09. The topological polar surface area (TPSA) is 39.9 Å². The van der Waals surface area contributed by atoms with E-state index in [1.54, 1.807) is 11.0 Å². The Morgan fingerprint density at radius 2 is 2.24 bits per heavy atom. The van der Waals surface area contributed by atoms with Crippen LogP contribution in [0.5, 0.6) is 0 Å². The molecule has 0 spiro atoms. The van der Waals surface area contributed by atoms with Gasteiger partial charge in [0.1, 0.15) is 41.3 Å². The van der Waals surface area contributed by atoms with Gasteiger partial charge in [0.25, 0.3) is 0 Å². The third kappa shape index (κ3) is 2.78. The Labute approximate surface area is 119 Å². The molecular formula is C11H11ClIN3O. The molecule has 0 aliphatic carbocycles. The van der Waals surface area contributed by atoms with Gasteiger partial charge in [0.05, 0.1) is 6.54 Å². The summed E-state index contributed by atoms with van der Waals surface area (Å²) in [6.45, 7) is 2.53. The molecule has 1 aromatic carbocycles. The van der Waals surface area contributed by atoms with Gasteiger partial charge in [-0.25, -0.2) is 9.67 Å². The minimum atomic E-state index is -0.535. The van der Waals surface area contributed by atoms with Crippen molar-refractivity contribution in [2.45, 2.75) is 19.1 Å². The molecule has 0 saturated heterocycles. The molecule has 90 valence electrons. The first-order valence-corrected chi connectivity index (χ1v) is 6.29. The van der Waals surface area contributed by atoms with Crippen molar-refractivity contribution >= 4 is 34.6 Å². The average molecular weight is 364 g/mol. The number of aromatic nitrogens is 3. The van der Waals surface area contributed by atoms with E-state index in [4.69, 9.17) is 14.7 Å². The second kappa shape index (κ2) is 5.32. The Hall–Kier alpha value is -0.660. The van der Waals surface area contributed by atoms with E-state index in [0.29, 0.717) is 11.6 Å². The molecule has 0 aliphatic rings. The maximum atomic E-state index is 6.20. The smallest absolute Gasteiger partial charge is 0.137 e. The quantitative estimate of drug-likeness (QED) is 0.783. The lowest BCUT2D eigenvalue weighted by atomic mass is 9.96. The molecule has 1 atom stereocenters. The van der Waals surface area contributed by atoms with Gasteiger partial charge in [0, 0.05) is 10.6 Å². The van der Waals surface area contributed by atoms with E-state index in [1.807, 2.05) is 54.2 Å². The monoisotopic (exact) mass is 363 g/mol. The van der Waals surface area contributed by atoms with Crippen LogP contribution in [0.3, 0.4) is 0 Å². The molecule has 17 heavy (non-hydrogen) atoms. The van der Waals surface area contributed by atoms with Gasteiger partial charge >= 0.3 is 0 Å². The molecule has 0 saturated carbocycles. The van der Waals surface area contributed by atoms with Gasteiger partial charge in [-0.05, 0) is 13.0 Å². The zero-order valence-electron chi connectivity index (χ0n) is 9.18. The lowest BCUT2D eigenvalue weighted by Gasteiger charge is -2.27. The molecule has 0 bridgehead atoms. The molecule has 0 amide bonds. The van der Waals surface area contributed by atoms with Crippen molar-refractivity contribution < 1.29 is 3.07 Å². The van der Waals surface area contributed by atoms with Gasteiger partial charge in [-0.1, -0.05) is 29.8 Å². The Balaban J connectivity index is 2.34. The second-order valence-corrected chi connectivity index (χ2v) is 4.73. The third-order valence-corrected chi connectivity index (χ3v) is 3.85. The van der Waals surface area contributed by atoms with Gasteiger partial charge in [-0.3, -0.25) is 0 Å². The molecule has 0 aliphatic heterocycles. The van der Waals surface area contributed by atoms with E-state index < -0.39 is 5.60 Å². The number of rotatable bonds is 4. The Morgan fingerprint density at radius 3 is 2.82 bits per heavy atom. The summed E-state index contributed by atoms with van der Waals surface area (Å²) in [7, 11) is 0. The highest BCUT2D eigenvalue weighted by molar-refractivity contribution is 14.1. The molecule has 0 fully saturated rings. The molecule has 4 nitrogen and oxygen atoms in total. The minimum Gasteiger partial charge on any atom is -0.303 e. The Morgan fingerprint density at radius 1 is 1.47 bits per heavy atom. The molecule has 1 heterocycles. The van der Waals surface area contributed by atoms with Crippen molar-refractivity contribution in [1.82, 2.24) is 14.8 Å².